The molecule has 0 spiro atoms. The molecule has 2 unspecified atom stereocenters. The fourth-order valence-corrected chi connectivity index (χ4v) is 3.77. The Morgan fingerprint density at radius 3 is 2.12 bits per heavy atom. The number of methoxy groups -OCH3 is 1. The molecule has 0 aliphatic carbocycles. The summed E-state index contributed by atoms with van der Waals surface area (Å²) in [5, 5.41) is 2.63. The van der Waals surface area contributed by atoms with E-state index in [0.29, 0.717) is 5.56 Å². The lowest BCUT2D eigenvalue weighted by atomic mass is 9.85. The second kappa shape index (κ2) is 11.0. The number of amides is 1. The molecule has 1 amide bonds. The van der Waals surface area contributed by atoms with Gasteiger partial charge in [0.15, 0.2) is 0 Å². The molecule has 9 heteroatoms. The van der Waals surface area contributed by atoms with Gasteiger partial charge in [-0.2, -0.15) is 13.2 Å². The number of hydrogen-bond donors (Lipinski definition) is 1. The highest BCUT2D eigenvalue weighted by Crippen LogP contribution is 2.39. The molecule has 2 rings (SSSR count). The minimum Gasteiger partial charge on any atom is -0.469 e. The zero-order valence-corrected chi connectivity index (χ0v) is 19.4. The predicted octanol–water partition coefficient (Wildman–Crippen LogP) is 6.70. The van der Waals surface area contributed by atoms with Crippen LogP contribution in [-0.4, -0.2) is 25.2 Å². The van der Waals surface area contributed by atoms with Gasteiger partial charge in [0.2, 0.25) is 5.91 Å². The molecule has 1 N–H and O–H groups in total. The van der Waals surface area contributed by atoms with Crippen LogP contribution in [0, 0.1) is 17.7 Å². The van der Waals surface area contributed by atoms with Gasteiger partial charge in [-0.3, -0.25) is 9.59 Å². The Bertz CT molecular complexity index is 977. The summed E-state index contributed by atoms with van der Waals surface area (Å²) in [5.41, 5.74) is 0.824. The van der Waals surface area contributed by atoms with Crippen molar-refractivity contribution in [3.8, 4) is 0 Å². The first-order valence-corrected chi connectivity index (χ1v) is 10.7. The fourth-order valence-electron chi connectivity index (χ4n) is 3.61. The molecular weight excluding hydrogens is 462 g/mol. The topological polar surface area (TPSA) is 55.4 Å². The number of hydrogen-bond acceptors (Lipinski definition) is 3. The second-order valence-corrected chi connectivity index (χ2v) is 8.63. The Hall–Kier alpha value is -2.61. The maximum atomic E-state index is 13.5. The van der Waals surface area contributed by atoms with Crippen LogP contribution in [0.3, 0.4) is 0 Å². The first-order chi connectivity index (χ1) is 15.3. The van der Waals surface area contributed by atoms with Gasteiger partial charge in [0, 0.05) is 0 Å². The number of nitrogens with one attached hydrogen (secondary N) is 1. The molecule has 4 nitrogen and oxygen atoms in total. The SMILES string of the molecule is COC(=O)CC(c1ccc(Cl)c(NC(=O)C(c2ccc(F)cc2)[C@@H](C)C(F)(F)F)c1)C(C)C. The van der Waals surface area contributed by atoms with Crippen LogP contribution in [0.2, 0.25) is 5.02 Å². The number of halogens is 5. The van der Waals surface area contributed by atoms with Crippen LogP contribution in [0.1, 0.15) is 50.2 Å². The summed E-state index contributed by atoms with van der Waals surface area (Å²) in [5.74, 6) is -5.85. The zero-order chi connectivity index (χ0) is 24.9. The van der Waals surface area contributed by atoms with Crippen molar-refractivity contribution in [2.45, 2.75) is 45.2 Å². The third-order valence-corrected chi connectivity index (χ3v) is 5.95. The Labute approximate surface area is 195 Å². The molecule has 2 aromatic rings. The van der Waals surface area contributed by atoms with Crippen molar-refractivity contribution in [1.29, 1.82) is 0 Å². The molecule has 0 saturated carbocycles. The van der Waals surface area contributed by atoms with Crippen molar-refractivity contribution in [2.24, 2.45) is 11.8 Å². The smallest absolute Gasteiger partial charge is 0.392 e. The first kappa shape index (κ1) is 26.6. The number of esters is 1. The van der Waals surface area contributed by atoms with Crippen LogP contribution >= 0.6 is 11.6 Å². The third kappa shape index (κ3) is 6.93. The molecule has 0 bridgehead atoms. The van der Waals surface area contributed by atoms with Gasteiger partial charge in [0.1, 0.15) is 5.82 Å². The maximum absolute atomic E-state index is 13.5. The lowest BCUT2D eigenvalue weighted by molar-refractivity contribution is -0.178. The molecule has 0 saturated heterocycles. The number of carbonyl (C=O) groups is 2. The van der Waals surface area contributed by atoms with Gasteiger partial charge in [-0.25, -0.2) is 4.39 Å². The molecule has 0 aromatic heterocycles. The van der Waals surface area contributed by atoms with Crippen molar-refractivity contribution in [3.63, 3.8) is 0 Å². The van der Waals surface area contributed by atoms with Gasteiger partial charge in [-0.15, -0.1) is 0 Å². The molecular formula is C24H26ClF4NO3. The van der Waals surface area contributed by atoms with E-state index < -0.39 is 35.7 Å². The Morgan fingerprint density at radius 2 is 1.61 bits per heavy atom. The van der Waals surface area contributed by atoms with E-state index in [0.717, 1.165) is 31.2 Å². The Morgan fingerprint density at radius 1 is 1.03 bits per heavy atom. The van der Waals surface area contributed by atoms with Crippen molar-refractivity contribution in [1.82, 2.24) is 0 Å². The van der Waals surface area contributed by atoms with E-state index in [4.69, 9.17) is 16.3 Å². The summed E-state index contributed by atoms with van der Waals surface area (Å²) < 4.78 is 58.7. The Kier molecular flexibility index (Phi) is 8.89. The van der Waals surface area contributed by atoms with Gasteiger partial charge in [0.25, 0.3) is 0 Å². The van der Waals surface area contributed by atoms with Crippen molar-refractivity contribution in [2.75, 3.05) is 12.4 Å². The van der Waals surface area contributed by atoms with Gasteiger partial charge in [-0.05, 0) is 47.2 Å². The van der Waals surface area contributed by atoms with E-state index in [-0.39, 0.29) is 34.5 Å². The molecule has 0 radical (unpaired) electrons. The lowest BCUT2D eigenvalue weighted by Crippen LogP contribution is -2.34. The van der Waals surface area contributed by atoms with Crippen LogP contribution in [-0.2, 0) is 14.3 Å². The summed E-state index contributed by atoms with van der Waals surface area (Å²) in [6.45, 7) is 4.73. The van der Waals surface area contributed by atoms with Crippen LogP contribution < -0.4 is 5.32 Å². The molecule has 3 atom stereocenters. The molecule has 0 fully saturated rings. The minimum atomic E-state index is -4.66. The quantitative estimate of drug-likeness (QED) is 0.333. The third-order valence-electron chi connectivity index (χ3n) is 5.62. The van der Waals surface area contributed by atoms with E-state index in [1.54, 1.807) is 12.1 Å². The summed E-state index contributed by atoms with van der Waals surface area (Å²) in [6.07, 6.45) is -4.57. The van der Waals surface area contributed by atoms with Gasteiger partial charge in [0.05, 0.1) is 36.1 Å². The van der Waals surface area contributed by atoms with Gasteiger partial charge in [-0.1, -0.05) is 50.6 Å². The normalized spacial score (nSPS) is 14.5. The summed E-state index contributed by atoms with van der Waals surface area (Å²) in [4.78, 5) is 24.9. The molecule has 0 heterocycles. The predicted molar refractivity (Wildman–Crippen MR) is 119 cm³/mol. The molecule has 33 heavy (non-hydrogen) atoms. The fraction of sp³-hybridized carbons (Fsp3) is 0.417. The van der Waals surface area contributed by atoms with Crippen molar-refractivity contribution < 1.29 is 31.9 Å². The van der Waals surface area contributed by atoms with E-state index >= 15 is 0 Å². The molecule has 180 valence electrons. The summed E-state index contributed by atoms with van der Waals surface area (Å²) >= 11 is 6.22. The second-order valence-electron chi connectivity index (χ2n) is 8.22. The zero-order valence-electron chi connectivity index (χ0n) is 18.7. The maximum Gasteiger partial charge on any atom is 0.392 e. The number of rotatable bonds is 8. The van der Waals surface area contributed by atoms with Gasteiger partial charge >= 0.3 is 12.1 Å². The lowest BCUT2D eigenvalue weighted by Gasteiger charge is -2.26. The number of anilines is 1. The monoisotopic (exact) mass is 487 g/mol. The van der Waals surface area contributed by atoms with Crippen molar-refractivity contribution >= 4 is 29.2 Å². The van der Waals surface area contributed by atoms with Crippen LogP contribution in [0.15, 0.2) is 42.5 Å². The van der Waals surface area contributed by atoms with Crippen molar-refractivity contribution in [3.05, 3.63) is 64.4 Å². The number of benzene rings is 2. The largest absolute Gasteiger partial charge is 0.469 e. The van der Waals surface area contributed by atoms with E-state index in [1.165, 1.54) is 13.2 Å². The summed E-state index contributed by atoms with van der Waals surface area (Å²) in [6, 6.07) is 9.09. The first-order valence-electron chi connectivity index (χ1n) is 10.3. The van der Waals surface area contributed by atoms with E-state index in [9.17, 15) is 27.2 Å². The molecule has 0 aliphatic heterocycles. The van der Waals surface area contributed by atoms with E-state index in [2.05, 4.69) is 5.32 Å². The average Bonchev–Trinajstić information content (AvgIpc) is 2.74. The highest BCUT2D eigenvalue weighted by atomic mass is 35.5. The minimum absolute atomic E-state index is 0.0248. The standard InChI is InChI=1S/C24H26ClF4NO3/c1-13(2)18(12-21(31)33-4)16-7-10-19(25)20(11-16)30-23(32)22(14(3)24(27,28)29)15-5-8-17(26)9-6-15/h5-11,13-14,18,22H,12H2,1-4H3,(H,30,32)/t14-,18?,22?/m1/s1. The van der Waals surface area contributed by atoms with Crippen LogP contribution in [0.5, 0.6) is 0 Å². The number of carbonyl (C=O) groups excluding carboxylic acids is 2. The number of alkyl halides is 3. The van der Waals surface area contributed by atoms with E-state index in [1.807, 2.05) is 13.8 Å². The van der Waals surface area contributed by atoms with Crippen LogP contribution in [0.4, 0.5) is 23.2 Å². The molecule has 2 aromatic carbocycles. The Balaban J connectivity index is 2.41. The number of ether oxygens (including phenoxy) is 1. The highest BCUT2D eigenvalue weighted by molar-refractivity contribution is 6.33. The molecule has 0 aliphatic rings. The highest BCUT2D eigenvalue weighted by Gasteiger charge is 2.45. The summed E-state index contributed by atoms with van der Waals surface area (Å²) in [7, 11) is 1.28. The van der Waals surface area contributed by atoms with Gasteiger partial charge < -0.3 is 10.1 Å². The van der Waals surface area contributed by atoms with Crippen LogP contribution in [0.25, 0.3) is 0 Å². The average molecular weight is 488 g/mol.